The summed E-state index contributed by atoms with van der Waals surface area (Å²) >= 11 is 0. The smallest absolute Gasteiger partial charge is 0.322 e. The van der Waals surface area contributed by atoms with Crippen LogP contribution in [0, 0.1) is 0 Å². The Balaban J connectivity index is 2.70. The minimum Gasteiger partial charge on any atom is -0.452 e. The van der Waals surface area contributed by atoms with Gasteiger partial charge in [0.05, 0.1) is 0 Å². The van der Waals surface area contributed by atoms with E-state index in [4.69, 9.17) is 4.74 Å². The van der Waals surface area contributed by atoms with Gasteiger partial charge in [-0.25, -0.2) is 8.42 Å². The van der Waals surface area contributed by atoms with Crippen LogP contribution < -0.4 is 0 Å². The second kappa shape index (κ2) is 10.4. The van der Waals surface area contributed by atoms with Crippen molar-refractivity contribution < 1.29 is 22.7 Å². The summed E-state index contributed by atoms with van der Waals surface area (Å²) < 4.78 is 30.6. The van der Waals surface area contributed by atoms with Gasteiger partial charge in [0.25, 0.3) is 5.91 Å². The molecule has 0 radical (unpaired) electrons. The minimum absolute atomic E-state index is 0.0418. The van der Waals surface area contributed by atoms with Crippen molar-refractivity contribution in [2.24, 2.45) is 0 Å². The highest BCUT2D eigenvalue weighted by Crippen LogP contribution is 2.11. The Morgan fingerprint density at radius 2 is 1.57 bits per heavy atom. The van der Waals surface area contributed by atoms with Crippen LogP contribution in [0.1, 0.15) is 40.2 Å². The highest BCUT2D eigenvalue weighted by Gasteiger charge is 2.28. The minimum atomic E-state index is -3.80. The maximum atomic E-state index is 12.5. The Morgan fingerprint density at radius 3 is 2.07 bits per heavy atom. The monoisotopic (exact) mass is 410 g/mol. The molecular formula is C20H30N2O5S. The molecule has 0 bridgehead atoms. The Hall–Kier alpha value is -2.19. The van der Waals surface area contributed by atoms with E-state index in [1.165, 1.54) is 20.0 Å². The van der Waals surface area contributed by atoms with E-state index in [9.17, 15) is 18.0 Å². The first-order valence-electron chi connectivity index (χ1n) is 9.16. The molecule has 0 spiro atoms. The number of benzene rings is 1. The van der Waals surface area contributed by atoms with E-state index in [0.29, 0.717) is 0 Å². The molecule has 0 fully saturated rings. The first-order valence-corrected chi connectivity index (χ1v) is 10.7. The van der Waals surface area contributed by atoms with E-state index in [0.717, 1.165) is 15.3 Å². The Bertz CT molecular complexity index is 780. The fraction of sp³-hybridized carbons (Fsp3) is 0.500. The van der Waals surface area contributed by atoms with Crippen molar-refractivity contribution in [2.45, 2.75) is 52.8 Å². The van der Waals surface area contributed by atoms with E-state index < -0.39 is 28.6 Å². The molecular weight excluding hydrogens is 380 g/mol. The van der Waals surface area contributed by atoms with Crippen LogP contribution in [-0.2, 0) is 24.3 Å². The van der Waals surface area contributed by atoms with E-state index >= 15 is 0 Å². The number of hydrogen-bond donors (Lipinski definition) is 0. The van der Waals surface area contributed by atoms with Gasteiger partial charge in [-0.3, -0.25) is 9.59 Å². The van der Waals surface area contributed by atoms with Gasteiger partial charge in [-0.2, -0.15) is 4.31 Å². The molecule has 156 valence electrons. The molecule has 1 amide bonds. The molecule has 1 rings (SSSR count). The van der Waals surface area contributed by atoms with Gasteiger partial charge in [0.1, 0.15) is 6.54 Å². The normalized spacial score (nSPS) is 13.3. The van der Waals surface area contributed by atoms with Crippen LogP contribution >= 0.6 is 0 Å². The third-order valence-corrected chi connectivity index (χ3v) is 5.52. The van der Waals surface area contributed by atoms with Crippen molar-refractivity contribution in [3.05, 3.63) is 41.3 Å². The van der Waals surface area contributed by atoms with Gasteiger partial charge in [-0.1, -0.05) is 30.3 Å². The topological polar surface area (TPSA) is 84.0 Å². The molecule has 0 aliphatic heterocycles. The molecule has 0 aliphatic rings. The maximum Gasteiger partial charge on any atom is 0.322 e. The predicted molar refractivity (Wildman–Crippen MR) is 110 cm³/mol. The fourth-order valence-electron chi connectivity index (χ4n) is 2.70. The number of amides is 1. The van der Waals surface area contributed by atoms with Gasteiger partial charge in [-0.15, -0.1) is 0 Å². The molecule has 28 heavy (non-hydrogen) atoms. The molecule has 0 aliphatic carbocycles. The van der Waals surface area contributed by atoms with Crippen LogP contribution in [0.3, 0.4) is 0 Å². The number of ether oxygens (including phenoxy) is 1. The van der Waals surface area contributed by atoms with Gasteiger partial charge in [0.15, 0.2) is 6.10 Å². The summed E-state index contributed by atoms with van der Waals surface area (Å²) in [5.74, 6) is -1.10. The molecule has 1 atom stereocenters. The van der Waals surface area contributed by atoms with Crippen molar-refractivity contribution in [3.63, 3.8) is 0 Å². The molecule has 8 heteroatoms. The maximum absolute atomic E-state index is 12.5. The van der Waals surface area contributed by atoms with E-state index in [1.54, 1.807) is 29.2 Å². The number of esters is 1. The van der Waals surface area contributed by atoms with Crippen molar-refractivity contribution in [1.29, 1.82) is 0 Å². The lowest BCUT2D eigenvalue weighted by molar-refractivity contribution is -0.160. The summed E-state index contributed by atoms with van der Waals surface area (Å²) in [6.07, 6.45) is 0.459. The summed E-state index contributed by atoms with van der Waals surface area (Å²) in [6, 6.07) is 8.87. The van der Waals surface area contributed by atoms with Crippen molar-refractivity contribution in [2.75, 3.05) is 13.6 Å². The first-order chi connectivity index (χ1) is 13.0. The Kier molecular flexibility index (Phi) is 8.84. The predicted octanol–water partition coefficient (Wildman–Crippen LogP) is 2.50. The van der Waals surface area contributed by atoms with Crippen LogP contribution in [0.4, 0.5) is 0 Å². The molecule has 0 unspecified atom stereocenters. The summed E-state index contributed by atoms with van der Waals surface area (Å²) in [7, 11) is -2.51. The molecule has 1 aromatic carbocycles. The number of rotatable bonds is 9. The molecule has 0 heterocycles. The molecule has 0 saturated carbocycles. The average molecular weight is 411 g/mol. The summed E-state index contributed by atoms with van der Waals surface area (Å²) in [5.41, 5.74) is 0.726. The van der Waals surface area contributed by atoms with Gasteiger partial charge >= 0.3 is 5.97 Å². The van der Waals surface area contributed by atoms with Crippen molar-refractivity contribution >= 4 is 28.0 Å². The average Bonchev–Trinajstić information content (AvgIpc) is 2.60. The molecule has 1 aromatic rings. The number of nitrogens with zero attached hydrogens (tertiary/aromatic N) is 2. The molecule has 0 aromatic heterocycles. The number of hydrogen-bond acceptors (Lipinski definition) is 5. The van der Waals surface area contributed by atoms with Gasteiger partial charge in [0.2, 0.25) is 10.0 Å². The quantitative estimate of drug-likeness (QED) is 0.584. The third kappa shape index (κ3) is 7.09. The second-order valence-corrected chi connectivity index (χ2v) is 9.00. The zero-order valence-electron chi connectivity index (χ0n) is 17.3. The van der Waals surface area contributed by atoms with Crippen molar-refractivity contribution in [3.8, 4) is 0 Å². The fourth-order valence-corrected chi connectivity index (χ4v) is 3.53. The Morgan fingerprint density at radius 1 is 1.04 bits per heavy atom. The number of carbonyl (C=O) groups is 2. The van der Waals surface area contributed by atoms with Gasteiger partial charge in [0, 0.05) is 24.5 Å². The zero-order chi connectivity index (χ0) is 21.5. The van der Waals surface area contributed by atoms with Crippen LogP contribution in [0.25, 0.3) is 6.08 Å². The van der Waals surface area contributed by atoms with Crippen LogP contribution in [0.15, 0.2) is 35.7 Å². The van der Waals surface area contributed by atoms with E-state index in [2.05, 4.69) is 0 Å². The van der Waals surface area contributed by atoms with Crippen LogP contribution in [0.2, 0.25) is 0 Å². The summed E-state index contributed by atoms with van der Waals surface area (Å²) in [6.45, 7) is 8.53. The number of carbonyl (C=O) groups excluding carboxylic acids is 2. The SMILES string of the molecule is CC(C)N(C(=O)[C@H](C)OC(=O)CN(C)S(=O)(=O)/C=C/c1ccccc1)C(C)C. The lowest BCUT2D eigenvalue weighted by atomic mass is 10.2. The summed E-state index contributed by atoms with van der Waals surface area (Å²) in [5, 5.41) is 1.03. The number of sulfonamides is 1. The highest BCUT2D eigenvalue weighted by molar-refractivity contribution is 7.92. The molecule has 0 saturated heterocycles. The zero-order valence-corrected chi connectivity index (χ0v) is 18.1. The molecule has 0 N–H and O–H groups in total. The van der Waals surface area contributed by atoms with Crippen LogP contribution in [-0.4, -0.2) is 61.3 Å². The standard InChI is InChI=1S/C20H30N2O5S/c1-15(2)22(16(3)4)20(24)17(5)27-19(23)14-21(6)28(25,26)13-12-18-10-8-7-9-11-18/h7-13,15-17H,14H2,1-6H3/b13-12+/t17-/m0/s1. The van der Waals surface area contributed by atoms with Crippen LogP contribution in [0.5, 0.6) is 0 Å². The van der Waals surface area contributed by atoms with Gasteiger partial charge in [-0.05, 0) is 46.3 Å². The van der Waals surface area contributed by atoms with E-state index in [-0.39, 0.29) is 18.0 Å². The van der Waals surface area contributed by atoms with E-state index in [1.807, 2.05) is 33.8 Å². The Labute approximate surface area is 168 Å². The highest BCUT2D eigenvalue weighted by atomic mass is 32.2. The lowest BCUT2D eigenvalue weighted by Gasteiger charge is -2.32. The third-order valence-electron chi connectivity index (χ3n) is 4.04. The first kappa shape index (κ1) is 23.8. The van der Waals surface area contributed by atoms with Crippen molar-refractivity contribution in [1.82, 2.24) is 9.21 Å². The lowest BCUT2D eigenvalue weighted by Crippen LogP contribution is -2.48. The number of likely N-dealkylation sites (N-methyl/N-ethyl adjacent to an activating group) is 1. The molecule has 7 nitrogen and oxygen atoms in total. The largest absolute Gasteiger partial charge is 0.452 e. The van der Waals surface area contributed by atoms with Gasteiger partial charge < -0.3 is 9.64 Å². The second-order valence-electron chi connectivity index (χ2n) is 7.08. The summed E-state index contributed by atoms with van der Waals surface area (Å²) in [4.78, 5) is 26.3.